The van der Waals surface area contributed by atoms with Crippen LogP contribution < -0.4 is 10.5 Å². The van der Waals surface area contributed by atoms with Gasteiger partial charge in [0, 0.05) is 24.7 Å². The van der Waals surface area contributed by atoms with E-state index in [1.807, 2.05) is 12.1 Å². The number of ether oxygens (including phenoxy) is 1. The van der Waals surface area contributed by atoms with Crippen LogP contribution in [0.2, 0.25) is 0 Å². The summed E-state index contributed by atoms with van der Waals surface area (Å²) in [5, 5.41) is 0. The van der Waals surface area contributed by atoms with Gasteiger partial charge in [-0.3, -0.25) is 4.90 Å². The molecule has 0 bridgehead atoms. The Labute approximate surface area is 122 Å². The minimum Gasteiger partial charge on any atom is -0.496 e. The molecule has 1 heterocycles. The quantitative estimate of drug-likeness (QED) is 0.838. The summed E-state index contributed by atoms with van der Waals surface area (Å²) in [7, 11) is 1.73. The van der Waals surface area contributed by atoms with E-state index in [1.54, 1.807) is 7.11 Å². The number of benzene rings is 1. The maximum Gasteiger partial charge on any atom is 0.123 e. The third-order valence-corrected chi connectivity index (χ3v) is 4.20. The van der Waals surface area contributed by atoms with Gasteiger partial charge in [-0.2, -0.15) is 0 Å². The normalized spacial score (nSPS) is 19.3. The smallest absolute Gasteiger partial charge is 0.123 e. The second kappa shape index (κ2) is 6.91. The molecular weight excluding hydrogens is 248 g/mol. The van der Waals surface area contributed by atoms with Crippen LogP contribution in [0, 0.1) is 0 Å². The fourth-order valence-electron chi connectivity index (χ4n) is 2.87. The van der Waals surface area contributed by atoms with Gasteiger partial charge in [-0.1, -0.05) is 36.8 Å². The lowest BCUT2D eigenvalue weighted by atomic mass is 9.93. The molecule has 0 amide bonds. The first kappa shape index (κ1) is 15.1. The zero-order valence-corrected chi connectivity index (χ0v) is 12.8. The number of para-hydroxylation sites is 1. The van der Waals surface area contributed by atoms with Crippen LogP contribution in [-0.4, -0.2) is 31.1 Å². The van der Waals surface area contributed by atoms with Crippen LogP contribution in [0.25, 0.3) is 0 Å². The van der Waals surface area contributed by atoms with E-state index in [0.717, 1.165) is 31.7 Å². The lowest BCUT2D eigenvalue weighted by molar-refractivity contribution is 0.178. The van der Waals surface area contributed by atoms with Gasteiger partial charge in [0.1, 0.15) is 5.75 Å². The molecule has 1 aromatic rings. The molecule has 1 aliphatic rings. The van der Waals surface area contributed by atoms with Gasteiger partial charge in [0.15, 0.2) is 0 Å². The fourth-order valence-corrected chi connectivity index (χ4v) is 2.87. The lowest BCUT2D eigenvalue weighted by Crippen LogP contribution is -2.42. The minimum atomic E-state index is 0.123. The second-order valence-corrected chi connectivity index (χ2v) is 5.55. The van der Waals surface area contributed by atoms with Gasteiger partial charge in [0.2, 0.25) is 0 Å². The average Bonchev–Trinajstić information content (AvgIpc) is 2.49. The molecule has 1 aromatic carbocycles. The highest BCUT2D eigenvalue weighted by Crippen LogP contribution is 2.33. The second-order valence-electron chi connectivity index (χ2n) is 5.55. The van der Waals surface area contributed by atoms with Crippen molar-refractivity contribution in [1.82, 2.24) is 4.90 Å². The Hall–Kier alpha value is -1.32. The van der Waals surface area contributed by atoms with Gasteiger partial charge in [-0.25, -0.2) is 0 Å². The van der Waals surface area contributed by atoms with Crippen molar-refractivity contribution in [2.75, 3.05) is 20.2 Å². The van der Waals surface area contributed by atoms with E-state index in [1.165, 1.54) is 11.1 Å². The Kier molecular flexibility index (Phi) is 5.21. The molecule has 2 unspecified atom stereocenters. The van der Waals surface area contributed by atoms with Crippen molar-refractivity contribution in [2.45, 2.75) is 38.8 Å². The number of hydrogen-bond acceptors (Lipinski definition) is 3. The largest absolute Gasteiger partial charge is 0.496 e. The standard InChI is InChI=1S/C17H26N2O/c1-4-15(18)17(19-11-9-13(2)10-12-19)14-7-5-6-8-16(14)20-3/h5-9,15,17H,4,10-12,18H2,1-3H3. The van der Waals surface area contributed by atoms with Crippen molar-refractivity contribution in [3.05, 3.63) is 41.5 Å². The molecule has 0 aliphatic carbocycles. The Balaban J connectivity index is 2.32. The highest BCUT2D eigenvalue weighted by Gasteiger charge is 2.28. The van der Waals surface area contributed by atoms with Crippen LogP contribution in [0.15, 0.2) is 35.9 Å². The molecule has 0 spiro atoms. The van der Waals surface area contributed by atoms with Gasteiger partial charge in [0.05, 0.1) is 13.2 Å². The summed E-state index contributed by atoms with van der Waals surface area (Å²) in [6.45, 7) is 6.40. The summed E-state index contributed by atoms with van der Waals surface area (Å²) >= 11 is 0. The summed E-state index contributed by atoms with van der Waals surface area (Å²) < 4.78 is 5.54. The fraction of sp³-hybridized carbons (Fsp3) is 0.529. The lowest BCUT2D eigenvalue weighted by Gasteiger charge is -2.37. The van der Waals surface area contributed by atoms with E-state index in [0.29, 0.717) is 0 Å². The molecule has 1 aliphatic heterocycles. The maximum atomic E-state index is 6.42. The molecule has 0 radical (unpaired) electrons. The third-order valence-electron chi connectivity index (χ3n) is 4.20. The molecule has 0 aromatic heterocycles. The summed E-state index contributed by atoms with van der Waals surface area (Å²) in [4.78, 5) is 2.47. The van der Waals surface area contributed by atoms with Crippen molar-refractivity contribution < 1.29 is 4.74 Å². The number of nitrogens with two attached hydrogens (primary N) is 1. The third kappa shape index (κ3) is 3.22. The first-order chi connectivity index (χ1) is 9.67. The Bertz CT molecular complexity index is 470. The van der Waals surface area contributed by atoms with Crippen LogP contribution in [0.1, 0.15) is 38.3 Å². The number of hydrogen-bond donors (Lipinski definition) is 1. The molecule has 20 heavy (non-hydrogen) atoms. The SMILES string of the molecule is CCC(N)C(c1ccccc1OC)N1CC=C(C)CC1. The molecule has 3 heteroatoms. The predicted molar refractivity (Wildman–Crippen MR) is 83.9 cm³/mol. The summed E-state index contributed by atoms with van der Waals surface area (Å²) in [6.07, 6.45) is 4.40. The summed E-state index contributed by atoms with van der Waals surface area (Å²) in [5.74, 6) is 0.938. The van der Waals surface area contributed by atoms with E-state index < -0.39 is 0 Å². The van der Waals surface area contributed by atoms with Gasteiger partial charge < -0.3 is 10.5 Å². The van der Waals surface area contributed by atoms with Crippen LogP contribution >= 0.6 is 0 Å². The van der Waals surface area contributed by atoms with Crippen molar-refractivity contribution in [3.8, 4) is 5.75 Å². The predicted octanol–water partition coefficient (Wildman–Crippen LogP) is 3.13. The van der Waals surface area contributed by atoms with Crippen molar-refractivity contribution in [1.29, 1.82) is 0 Å². The number of rotatable bonds is 5. The van der Waals surface area contributed by atoms with Crippen LogP contribution in [0.4, 0.5) is 0 Å². The van der Waals surface area contributed by atoms with E-state index in [-0.39, 0.29) is 12.1 Å². The van der Waals surface area contributed by atoms with E-state index >= 15 is 0 Å². The van der Waals surface area contributed by atoms with E-state index in [9.17, 15) is 0 Å². The molecule has 2 N–H and O–H groups in total. The first-order valence-corrected chi connectivity index (χ1v) is 7.45. The Morgan fingerprint density at radius 2 is 2.10 bits per heavy atom. The van der Waals surface area contributed by atoms with Gasteiger partial charge >= 0.3 is 0 Å². The monoisotopic (exact) mass is 274 g/mol. The van der Waals surface area contributed by atoms with Crippen molar-refractivity contribution >= 4 is 0 Å². The van der Waals surface area contributed by atoms with Gasteiger partial charge in [-0.15, -0.1) is 0 Å². The molecule has 0 saturated carbocycles. The van der Waals surface area contributed by atoms with E-state index in [4.69, 9.17) is 10.5 Å². The van der Waals surface area contributed by atoms with E-state index in [2.05, 4.69) is 37.0 Å². The molecular formula is C17H26N2O. The highest BCUT2D eigenvalue weighted by atomic mass is 16.5. The molecule has 0 fully saturated rings. The molecule has 2 atom stereocenters. The number of nitrogens with zero attached hydrogens (tertiary/aromatic N) is 1. The van der Waals surface area contributed by atoms with Crippen LogP contribution in [0.3, 0.4) is 0 Å². The van der Waals surface area contributed by atoms with Gasteiger partial charge in [-0.05, 0) is 25.8 Å². The molecule has 2 rings (SSSR count). The summed E-state index contributed by atoms with van der Waals surface area (Å²) in [6, 6.07) is 8.59. The minimum absolute atomic E-state index is 0.123. The first-order valence-electron chi connectivity index (χ1n) is 7.45. The molecule has 3 nitrogen and oxygen atoms in total. The Morgan fingerprint density at radius 3 is 2.70 bits per heavy atom. The Morgan fingerprint density at radius 1 is 1.35 bits per heavy atom. The topological polar surface area (TPSA) is 38.5 Å². The average molecular weight is 274 g/mol. The van der Waals surface area contributed by atoms with Crippen LogP contribution in [-0.2, 0) is 0 Å². The van der Waals surface area contributed by atoms with Crippen molar-refractivity contribution in [2.24, 2.45) is 5.73 Å². The van der Waals surface area contributed by atoms with Crippen LogP contribution in [0.5, 0.6) is 5.75 Å². The summed E-state index contributed by atoms with van der Waals surface area (Å²) in [5.41, 5.74) is 9.10. The highest BCUT2D eigenvalue weighted by molar-refractivity contribution is 5.37. The maximum absolute atomic E-state index is 6.42. The zero-order valence-electron chi connectivity index (χ0n) is 12.8. The molecule has 0 saturated heterocycles. The van der Waals surface area contributed by atoms with Gasteiger partial charge in [0.25, 0.3) is 0 Å². The zero-order chi connectivity index (χ0) is 14.5. The molecule has 110 valence electrons. The number of methoxy groups -OCH3 is 1. The van der Waals surface area contributed by atoms with Crippen molar-refractivity contribution in [3.63, 3.8) is 0 Å².